The lowest BCUT2D eigenvalue weighted by Crippen LogP contribution is -1.98. The molecule has 0 unspecified atom stereocenters. The minimum atomic E-state index is 0.426. The smallest absolute Gasteiger partial charge is 0.119 e. The van der Waals surface area contributed by atoms with E-state index < -0.39 is 0 Å². The molecular formula is C25H17Cl2O. The summed E-state index contributed by atoms with van der Waals surface area (Å²) in [6, 6.07) is 32.8. The van der Waals surface area contributed by atoms with Crippen LogP contribution in [-0.2, 0) is 6.61 Å². The van der Waals surface area contributed by atoms with Gasteiger partial charge >= 0.3 is 0 Å². The van der Waals surface area contributed by atoms with Gasteiger partial charge in [0.25, 0.3) is 0 Å². The van der Waals surface area contributed by atoms with Gasteiger partial charge in [-0.05, 0) is 70.3 Å². The van der Waals surface area contributed by atoms with Crippen molar-refractivity contribution in [1.82, 2.24) is 0 Å². The van der Waals surface area contributed by atoms with E-state index >= 15 is 0 Å². The first-order valence-electron chi connectivity index (χ1n) is 8.93. The third-order valence-corrected chi connectivity index (χ3v) is 4.98. The minimum Gasteiger partial charge on any atom is -0.489 e. The number of hydrogen-bond donors (Lipinski definition) is 0. The van der Waals surface area contributed by atoms with Gasteiger partial charge in [-0.3, -0.25) is 0 Å². The molecule has 0 aromatic heterocycles. The van der Waals surface area contributed by atoms with Crippen molar-refractivity contribution >= 4 is 23.2 Å². The molecule has 1 radical (unpaired) electrons. The largest absolute Gasteiger partial charge is 0.489 e. The predicted octanol–water partition coefficient (Wildman–Crippen LogP) is 7.71. The molecule has 1 nitrogen and oxygen atoms in total. The molecule has 0 aliphatic heterocycles. The summed E-state index contributed by atoms with van der Waals surface area (Å²) in [4.78, 5) is 0. The lowest BCUT2D eigenvalue weighted by atomic mass is 10.0. The molecule has 137 valence electrons. The highest BCUT2D eigenvalue weighted by molar-refractivity contribution is 6.31. The van der Waals surface area contributed by atoms with E-state index in [1.165, 1.54) is 0 Å². The monoisotopic (exact) mass is 403 g/mol. The van der Waals surface area contributed by atoms with Crippen LogP contribution in [0.3, 0.4) is 0 Å². The number of benzene rings is 4. The van der Waals surface area contributed by atoms with E-state index in [2.05, 4.69) is 6.07 Å². The highest BCUT2D eigenvalue weighted by Gasteiger charge is 2.08. The molecule has 0 atom stereocenters. The highest BCUT2D eigenvalue weighted by atomic mass is 35.5. The van der Waals surface area contributed by atoms with Crippen molar-refractivity contribution in [3.63, 3.8) is 0 Å². The Kier molecular flexibility index (Phi) is 5.66. The molecule has 4 rings (SSSR count). The standard InChI is InChI=1S/C25H17Cl2O/c26-22-10-6-20(7-11-22)25-15-12-23(27)16-21(25)17-28-24-13-8-19(9-14-24)18-4-2-1-3-5-18/h1-4,6-16H,17H2. The maximum absolute atomic E-state index is 6.22. The summed E-state index contributed by atoms with van der Waals surface area (Å²) >= 11 is 12.2. The second kappa shape index (κ2) is 8.52. The molecular weight excluding hydrogens is 387 g/mol. The average Bonchev–Trinajstić information content (AvgIpc) is 2.74. The minimum absolute atomic E-state index is 0.426. The summed E-state index contributed by atoms with van der Waals surface area (Å²) in [5.41, 5.74) is 5.35. The molecule has 0 amide bonds. The van der Waals surface area contributed by atoms with Crippen molar-refractivity contribution in [2.75, 3.05) is 0 Å². The van der Waals surface area contributed by atoms with Gasteiger partial charge in [0.05, 0.1) is 0 Å². The third kappa shape index (κ3) is 4.39. The Morgan fingerprint density at radius 2 is 1.43 bits per heavy atom. The van der Waals surface area contributed by atoms with Gasteiger partial charge in [0.1, 0.15) is 12.4 Å². The average molecular weight is 404 g/mol. The van der Waals surface area contributed by atoms with Crippen molar-refractivity contribution < 1.29 is 4.74 Å². The molecule has 0 aliphatic carbocycles. The first kappa shape index (κ1) is 18.6. The summed E-state index contributed by atoms with van der Waals surface area (Å²) < 4.78 is 6.03. The Balaban J connectivity index is 1.53. The molecule has 4 aromatic carbocycles. The van der Waals surface area contributed by atoms with Crippen LogP contribution >= 0.6 is 23.2 Å². The van der Waals surface area contributed by atoms with Gasteiger partial charge in [-0.2, -0.15) is 0 Å². The molecule has 28 heavy (non-hydrogen) atoms. The van der Waals surface area contributed by atoms with Gasteiger partial charge in [0.2, 0.25) is 0 Å². The fraction of sp³-hybridized carbons (Fsp3) is 0.0400. The van der Waals surface area contributed by atoms with Crippen LogP contribution in [-0.4, -0.2) is 0 Å². The molecule has 0 bridgehead atoms. The van der Waals surface area contributed by atoms with Crippen LogP contribution in [0.15, 0.2) is 91.0 Å². The van der Waals surface area contributed by atoms with Crippen molar-refractivity contribution in [3.05, 3.63) is 113 Å². The second-order valence-electron chi connectivity index (χ2n) is 6.40. The normalized spacial score (nSPS) is 10.6. The maximum Gasteiger partial charge on any atom is 0.119 e. The van der Waals surface area contributed by atoms with Crippen LogP contribution in [0.25, 0.3) is 22.3 Å². The molecule has 3 heteroatoms. The summed E-state index contributed by atoms with van der Waals surface area (Å²) in [5, 5.41) is 1.40. The Hall–Kier alpha value is -2.74. The van der Waals surface area contributed by atoms with E-state index in [0.717, 1.165) is 33.6 Å². The molecule has 0 saturated heterocycles. The van der Waals surface area contributed by atoms with Crippen molar-refractivity contribution in [1.29, 1.82) is 0 Å². The van der Waals surface area contributed by atoms with Crippen molar-refractivity contribution in [2.24, 2.45) is 0 Å². The van der Waals surface area contributed by atoms with Crippen LogP contribution in [0.2, 0.25) is 10.0 Å². The van der Waals surface area contributed by atoms with Gasteiger partial charge in [-0.25, -0.2) is 0 Å². The highest BCUT2D eigenvalue weighted by Crippen LogP contribution is 2.29. The van der Waals surface area contributed by atoms with Crippen LogP contribution in [0.5, 0.6) is 5.75 Å². The number of halogens is 2. The molecule has 0 saturated carbocycles. The Morgan fingerprint density at radius 1 is 0.714 bits per heavy atom. The summed E-state index contributed by atoms with van der Waals surface area (Å²) in [6.45, 7) is 0.426. The van der Waals surface area contributed by atoms with E-state index in [9.17, 15) is 0 Å². The lowest BCUT2D eigenvalue weighted by Gasteiger charge is -2.13. The van der Waals surface area contributed by atoms with Gasteiger partial charge in [-0.15, -0.1) is 0 Å². The first-order chi connectivity index (χ1) is 13.7. The zero-order chi connectivity index (χ0) is 19.3. The molecule has 0 heterocycles. The molecule has 0 spiro atoms. The van der Waals surface area contributed by atoms with E-state index in [0.29, 0.717) is 16.7 Å². The molecule has 4 aromatic rings. The van der Waals surface area contributed by atoms with Crippen LogP contribution in [0.1, 0.15) is 5.56 Å². The van der Waals surface area contributed by atoms with Gasteiger partial charge in [0, 0.05) is 10.0 Å². The lowest BCUT2D eigenvalue weighted by molar-refractivity contribution is 0.307. The Morgan fingerprint density at radius 3 is 2.14 bits per heavy atom. The Bertz CT molecular complexity index is 1060. The van der Waals surface area contributed by atoms with Gasteiger partial charge < -0.3 is 4.74 Å². The number of hydrogen-bond acceptors (Lipinski definition) is 1. The van der Waals surface area contributed by atoms with Crippen LogP contribution in [0.4, 0.5) is 0 Å². The van der Waals surface area contributed by atoms with Crippen molar-refractivity contribution in [3.8, 4) is 28.0 Å². The quantitative estimate of drug-likeness (QED) is 0.331. The van der Waals surface area contributed by atoms with Crippen LogP contribution in [0, 0.1) is 6.07 Å². The van der Waals surface area contributed by atoms with Gasteiger partial charge in [0.15, 0.2) is 0 Å². The summed E-state index contributed by atoms with van der Waals surface area (Å²) in [5.74, 6) is 0.807. The third-order valence-electron chi connectivity index (χ3n) is 4.49. The van der Waals surface area contributed by atoms with Gasteiger partial charge in [-0.1, -0.05) is 77.8 Å². The van der Waals surface area contributed by atoms with Crippen molar-refractivity contribution in [2.45, 2.75) is 6.61 Å². The molecule has 0 N–H and O–H groups in total. The number of ether oxygens (including phenoxy) is 1. The van der Waals surface area contributed by atoms with E-state index in [-0.39, 0.29) is 0 Å². The predicted molar refractivity (Wildman–Crippen MR) is 117 cm³/mol. The molecule has 0 aliphatic rings. The zero-order valence-electron chi connectivity index (χ0n) is 15.0. The SMILES string of the molecule is Clc1ccc(-c2ccc(Cl)cc2COc2ccc(-c3[c]cccc3)cc2)cc1. The second-order valence-corrected chi connectivity index (χ2v) is 7.27. The summed E-state index contributed by atoms with van der Waals surface area (Å²) in [7, 11) is 0. The molecule has 0 fully saturated rings. The fourth-order valence-corrected chi connectivity index (χ4v) is 3.38. The maximum atomic E-state index is 6.22. The summed E-state index contributed by atoms with van der Waals surface area (Å²) in [6.07, 6.45) is 0. The van der Waals surface area contributed by atoms with Crippen LogP contribution < -0.4 is 4.74 Å². The number of rotatable bonds is 5. The topological polar surface area (TPSA) is 9.23 Å². The zero-order valence-corrected chi connectivity index (χ0v) is 16.5. The fourth-order valence-electron chi connectivity index (χ4n) is 3.06. The first-order valence-corrected chi connectivity index (χ1v) is 9.69. The van der Waals surface area contributed by atoms with E-state index in [1.807, 2.05) is 91.0 Å². The Labute approximate surface area is 175 Å². The van der Waals surface area contributed by atoms with E-state index in [4.69, 9.17) is 27.9 Å². The van der Waals surface area contributed by atoms with E-state index in [1.54, 1.807) is 0 Å².